The van der Waals surface area contributed by atoms with Crippen molar-refractivity contribution in [1.29, 1.82) is 0 Å². The molecule has 0 radical (unpaired) electrons. The first-order valence-corrected chi connectivity index (χ1v) is 6.28. The van der Waals surface area contributed by atoms with Gasteiger partial charge in [0, 0.05) is 30.5 Å². The molecule has 0 amide bonds. The van der Waals surface area contributed by atoms with E-state index in [2.05, 4.69) is 23.7 Å². The van der Waals surface area contributed by atoms with Crippen LogP contribution in [0.4, 0.5) is 5.69 Å². The summed E-state index contributed by atoms with van der Waals surface area (Å²) in [6.07, 6.45) is 1.48. The van der Waals surface area contributed by atoms with Gasteiger partial charge in [0.15, 0.2) is 0 Å². The highest BCUT2D eigenvalue weighted by molar-refractivity contribution is 5.84. The molecule has 0 aromatic heterocycles. The van der Waals surface area contributed by atoms with Gasteiger partial charge in [0.2, 0.25) is 0 Å². The Bertz CT molecular complexity index is 456. The number of hydrogen-bond donors (Lipinski definition) is 1. The van der Waals surface area contributed by atoms with Crippen molar-refractivity contribution >= 4 is 11.9 Å². The molecule has 0 atom stereocenters. The van der Waals surface area contributed by atoms with Gasteiger partial charge in [0.05, 0.1) is 11.5 Å². The van der Waals surface area contributed by atoms with Crippen LogP contribution in [0.2, 0.25) is 0 Å². The lowest BCUT2D eigenvalue weighted by atomic mass is 10.2. The van der Waals surface area contributed by atoms with Crippen LogP contribution in [0.15, 0.2) is 23.2 Å². The third-order valence-corrected chi connectivity index (χ3v) is 2.89. The maximum absolute atomic E-state index is 10.6. The molecule has 1 N–H and O–H groups in total. The number of nitro groups is 1. The molecule has 0 aliphatic heterocycles. The quantitative estimate of drug-likeness (QED) is 0.465. The number of aromatic hydroxyl groups is 1. The minimum atomic E-state index is -0.493. The standard InChI is InChI=1S/C13H19N3O3/c1-3-15(4-2)8-7-14-10-11-9-12(16(18)19)5-6-13(11)17/h5-6,9-10,17H,3-4,7-8H2,1-2H3/b14-10+. The van der Waals surface area contributed by atoms with E-state index in [1.54, 1.807) is 0 Å². The van der Waals surface area contributed by atoms with E-state index in [4.69, 9.17) is 0 Å². The number of phenols is 1. The highest BCUT2D eigenvalue weighted by Crippen LogP contribution is 2.21. The van der Waals surface area contributed by atoms with E-state index in [-0.39, 0.29) is 11.4 Å². The predicted molar refractivity (Wildman–Crippen MR) is 75.0 cm³/mol. The predicted octanol–water partition coefficient (Wildman–Crippen LogP) is 2.06. The first-order chi connectivity index (χ1) is 9.08. The number of benzene rings is 1. The minimum absolute atomic E-state index is 0.00260. The highest BCUT2D eigenvalue weighted by atomic mass is 16.6. The summed E-state index contributed by atoms with van der Waals surface area (Å²) in [5.74, 6) is -0.00260. The van der Waals surface area contributed by atoms with Gasteiger partial charge in [-0.05, 0) is 19.2 Å². The van der Waals surface area contributed by atoms with Crippen molar-refractivity contribution in [2.24, 2.45) is 4.99 Å². The Morgan fingerprint density at radius 3 is 2.68 bits per heavy atom. The topological polar surface area (TPSA) is 79.0 Å². The molecule has 1 aromatic carbocycles. The third kappa shape index (κ3) is 4.67. The largest absolute Gasteiger partial charge is 0.507 e. The molecule has 0 heterocycles. The number of phenolic OH excluding ortho intramolecular Hbond substituents is 1. The summed E-state index contributed by atoms with van der Waals surface area (Å²) in [4.78, 5) is 16.6. The maximum atomic E-state index is 10.6. The van der Waals surface area contributed by atoms with Crippen LogP contribution in [0, 0.1) is 10.1 Å². The molecule has 0 fully saturated rings. The molecule has 0 aliphatic carbocycles. The zero-order valence-corrected chi connectivity index (χ0v) is 11.2. The molecule has 6 nitrogen and oxygen atoms in total. The van der Waals surface area contributed by atoms with Crippen LogP contribution in [-0.2, 0) is 0 Å². The van der Waals surface area contributed by atoms with Crippen LogP contribution in [0.5, 0.6) is 5.75 Å². The maximum Gasteiger partial charge on any atom is 0.270 e. The lowest BCUT2D eigenvalue weighted by Gasteiger charge is -2.15. The lowest BCUT2D eigenvalue weighted by molar-refractivity contribution is -0.384. The summed E-state index contributed by atoms with van der Waals surface area (Å²) in [5.41, 5.74) is 0.316. The molecular weight excluding hydrogens is 246 g/mol. The zero-order valence-electron chi connectivity index (χ0n) is 11.2. The normalized spacial score (nSPS) is 11.3. The Kier molecular flexibility index (Phi) is 5.95. The van der Waals surface area contributed by atoms with Gasteiger partial charge in [0.1, 0.15) is 5.75 Å². The molecule has 0 saturated heterocycles. The van der Waals surface area contributed by atoms with E-state index in [1.807, 2.05) is 0 Å². The van der Waals surface area contributed by atoms with Gasteiger partial charge in [-0.15, -0.1) is 0 Å². The second kappa shape index (κ2) is 7.48. The molecule has 6 heteroatoms. The van der Waals surface area contributed by atoms with Crippen molar-refractivity contribution in [3.63, 3.8) is 0 Å². The van der Waals surface area contributed by atoms with Crippen molar-refractivity contribution in [2.45, 2.75) is 13.8 Å². The first kappa shape index (κ1) is 15.1. The van der Waals surface area contributed by atoms with Gasteiger partial charge in [-0.25, -0.2) is 0 Å². The van der Waals surface area contributed by atoms with E-state index >= 15 is 0 Å². The van der Waals surface area contributed by atoms with Gasteiger partial charge >= 0.3 is 0 Å². The van der Waals surface area contributed by atoms with Crippen LogP contribution >= 0.6 is 0 Å². The van der Waals surface area contributed by atoms with Gasteiger partial charge in [-0.3, -0.25) is 15.1 Å². The fraction of sp³-hybridized carbons (Fsp3) is 0.462. The second-order valence-electron chi connectivity index (χ2n) is 4.06. The zero-order chi connectivity index (χ0) is 14.3. The monoisotopic (exact) mass is 265 g/mol. The molecule has 0 saturated carbocycles. The van der Waals surface area contributed by atoms with Crippen molar-refractivity contribution in [3.8, 4) is 5.75 Å². The van der Waals surface area contributed by atoms with Crippen LogP contribution < -0.4 is 0 Å². The van der Waals surface area contributed by atoms with Gasteiger partial charge in [0.25, 0.3) is 5.69 Å². The van der Waals surface area contributed by atoms with Crippen molar-refractivity contribution < 1.29 is 10.0 Å². The first-order valence-electron chi connectivity index (χ1n) is 6.28. The Labute approximate surface area is 112 Å². The Morgan fingerprint density at radius 2 is 2.11 bits per heavy atom. The number of rotatable bonds is 7. The molecule has 1 aromatic rings. The van der Waals surface area contributed by atoms with Gasteiger partial charge < -0.3 is 10.0 Å². The summed E-state index contributed by atoms with van der Waals surface area (Å²) in [6.45, 7) is 7.53. The van der Waals surface area contributed by atoms with Crippen LogP contribution in [0.3, 0.4) is 0 Å². The molecule has 0 spiro atoms. The summed E-state index contributed by atoms with van der Waals surface area (Å²) in [6, 6.07) is 3.89. The highest BCUT2D eigenvalue weighted by Gasteiger charge is 2.08. The second-order valence-corrected chi connectivity index (χ2v) is 4.06. The lowest BCUT2D eigenvalue weighted by Crippen LogP contribution is -2.25. The molecule has 0 aliphatic rings. The molecule has 19 heavy (non-hydrogen) atoms. The summed E-state index contributed by atoms with van der Waals surface area (Å²) in [7, 11) is 0. The number of hydrogen-bond acceptors (Lipinski definition) is 5. The fourth-order valence-corrected chi connectivity index (χ4v) is 1.66. The van der Waals surface area contributed by atoms with Crippen LogP contribution in [0.1, 0.15) is 19.4 Å². The Morgan fingerprint density at radius 1 is 1.42 bits per heavy atom. The number of aliphatic imine (C=N–C) groups is 1. The average Bonchev–Trinajstić information content (AvgIpc) is 2.40. The number of non-ortho nitro benzene ring substituents is 1. The molecule has 104 valence electrons. The third-order valence-electron chi connectivity index (χ3n) is 2.89. The molecule has 1 rings (SSSR count). The number of nitrogens with zero attached hydrogens (tertiary/aromatic N) is 3. The van der Waals surface area contributed by atoms with Crippen molar-refractivity contribution in [1.82, 2.24) is 4.90 Å². The fourth-order valence-electron chi connectivity index (χ4n) is 1.66. The summed E-state index contributed by atoms with van der Waals surface area (Å²) < 4.78 is 0. The average molecular weight is 265 g/mol. The van der Waals surface area contributed by atoms with Crippen molar-refractivity contribution in [2.75, 3.05) is 26.2 Å². The van der Waals surface area contributed by atoms with Crippen LogP contribution in [0.25, 0.3) is 0 Å². The molecule has 0 bridgehead atoms. The smallest absolute Gasteiger partial charge is 0.270 e. The van der Waals surface area contributed by atoms with Crippen molar-refractivity contribution in [3.05, 3.63) is 33.9 Å². The van der Waals surface area contributed by atoms with Gasteiger partial charge in [-0.2, -0.15) is 0 Å². The minimum Gasteiger partial charge on any atom is -0.507 e. The van der Waals surface area contributed by atoms with E-state index in [0.29, 0.717) is 12.1 Å². The Balaban J connectivity index is 2.65. The summed E-state index contributed by atoms with van der Waals surface area (Å²) in [5, 5.41) is 20.2. The van der Waals surface area contributed by atoms with E-state index in [0.717, 1.165) is 19.6 Å². The number of nitro benzene ring substituents is 1. The molecular formula is C13H19N3O3. The van der Waals surface area contributed by atoms with E-state index in [1.165, 1.54) is 24.4 Å². The van der Waals surface area contributed by atoms with Gasteiger partial charge in [-0.1, -0.05) is 13.8 Å². The van der Waals surface area contributed by atoms with Crippen LogP contribution in [-0.4, -0.2) is 47.3 Å². The Hall–Kier alpha value is -1.95. The number of likely N-dealkylation sites (N-methyl/N-ethyl adjacent to an activating group) is 1. The van der Waals surface area contributed by atoms with E-state index < -0.39 is 4.92 Å². The summed E-state index contributed by atoms with van der Waals surface area (Å²) >= 11 is 0. The molecule has 0 unspecified atom stereocenters. The SMILES string of the molecule is CCN(CC)CC/N=C/c1cc([N+](=O)[O-])ccc1O. The van der Waals surface area contributed by atoms with E-state index in [9.17, 15) is 15.2 Å².